The molecular weight excluding hydrogens is 370 g/mol. The molecule has 0 amide bonds. The smallest absolute Gasteiger partial charge is 0.328 e. The van der Waals surface area contributed by atoms with E-state index >= 15 is 0 Å². The highest BCUT2D eigenvalue weighted by atomic mass is 19.1. The SMILES string of the molecule is CC(C)CN(Cc1cc(F)cc(F)c1)C1CCNCC1.O=C(O)C=CC(=O)O. The molecule has 0 unspecified atom stereocenters. The van der Waals surface area contributed by atoms with E-state index in [2.05, 4.69) is 24.1 Å². The number of halogens is 2. The Labute approximate surface area is 163 Å². The normalized spacial score (nSPS) is 14.9. The Balaban J connectivity index is 0.000000416. The zero-order valence-electron chi connectivity index (χ0n) is 16.2. The van der Waals surface area contributed by atoms with Gasteiger partial charge in [-0.05, 0) is 49.5 Å². The third kappa shape index (κ3) is 10.1. The number of nitrogens with zero attached hydrogens (tertiary/aromatic N) is 1. The quantitative estimate of drug-likeness (QED) is 0.612. The van der Waals surface area contributed by atoms with Crippen molar-refractivity contribution in [3.63, 3.8) is 0 Å². The molecule has 1 heterocycles. The van der Waals surface area contributed by atoms with E-state index in [9.17, 15) is 18.4 Å². The van der Waals surface area contributed by atoms with Gasteiger partial charge in [-0.25, -0.2) is 18.4 Å². The van der Waals surface area contributed by atoms with E-state index in [4.69, 9.17) is 10.2 Å². The van der Waals surface area contributed by atoms with E-state index in [-0.39, 0.29) is 0 Å². The summed E-state index contributed by atoms with van der Waals surface area (Å²) in [5.74, 6) is -2.95. The van der Waals surface area contributed by atoms with Crippen molar-refractivity contribution in [1.82, 2.24) is 10.2 Å². The molecule has 1 aromatic rings. The van der Waals surface area contributed by atoms with Gasteiger partial charge in [-0.1, -0.05) is 13.8 Å². The first-order valence-electron chi connectivity index (χ1n) is 9.21. The van der Waals surface area contributed by atoms with Gasteiger partial charge in [-0.3, -0.25) is 4.90 Å². The molecule has 6 nitrogen and oxygen atoms in total. The van der Waals surface area contributed by atoms with Crippen molar-refractivity contribution in [2.75, 3.05) is 19.6 Å². The van der Waals surface area contributed by atoms with Crippen molar-refractivity contribution >= 4 is 11.9 Å². The van der Waals surface area contributed by atoms with Crippen LogP contribution >= 0.6 is 0 Å². The van der Waals surface area contributed by atoms with Gasteiger partial charge < -0.3 is 15.5 Å². The highest BCUT2D eigenvalue weighted by Gasteiger charge is 2.22. The summed E-state index contributed by atoms with van der Waals surface area (Å²) in [4.78, 5) is 21.5. The molecule has 0 bridgehead atoms. The molecule has 0 aliphatic carbocycles. The van der Waals surface area contributed by atoms with E-state index in [0.29, 0.717) is 30.7 Å². The number of hydrogen-bond acceptors (Lipinski definition) is 4. The molecule has 2 rings (SSSR count). The third-order valence-corrected chi connectivity index (χ3v) is 4.10. The maximum Gasteiger partial charge on any atom is 0.328 e. The number of aliphatic carboxylic acids is 2. The highest BCUT2D eigenvalue weighted by Crippen LogP contribution is 2.18. The zero-order valence-corrected chi connectivity index (χ0v) is 16.2. The Kier molecular flexibility index (Phi) is 10.3. The van der Waals surface area contributed by atoms with E-state index in [1.807, 2.05) is 0 Å². The van der Waals surface area contributed by atoms with Gasteiger partial charge in [-0.2, -0.15) is 0 Å². The molecule has 3 N–H and O–H groups in total. The standard InChI is InChI=1S/C16H24F2N2.C4H4O4/c1-12(2)10-20(16-3-5-19-6-4-16)11-13-7-14(17)9-15(18)8-13;5-3(6)1-2-4(7)8/h7-9,12,16,19H,3-6,10-11H2,1-2H3;1-2H,(H,5,6)(H,7,8). The zero-order chi connectivity index (χ0) is 21.1. The average Bonchev–Trinajstić information content (AvgIpc) is 2.59. The number of benzene rings is 1. The second-order valence-electron chi connectivity index (χ2n) is 7.09. The number of carboxylic acids is 2. The second-order valence-corrected chi connectivity index (χ2v) is 7.09. The van der Waals surface area contributed by atoms with Crippen molar-refractivity contribution in [1.29, 1.82) is 0 Å². The molecule has 0 radical (unpaired) electrons. The minimum absolute atomic E-state index is 0.491. The number of carboxylic acid groups (broad SMARTS) is 2. The van der Waals surface area contributed by atoms with Gasteiger partial charge in [0.05, 0.1) is 0 Å². The van der Waals surface area contributed by atoms with Gasteiger partial charge in [-0.15, -0.1) is 0 Å². The molecule has 0 saturated carbocycles. The van der Waals surface area contributed by atoms with Gasteiger partial charge >= 0.3 is 11.9 Å². The van der Waals surface area contributed by atoms with Crippen molar-refractivity contribution in [2.45, 2.75) is 39.3 Å². The first-order valence-corrected chi connectivity index (χ1v) is 9.21. The van der Waals surface area contributed by atoms with Crippen LogP contribution in [0.25, 0.3) is 0 Å². The maximum absolute atomic E-state index is 13.3. The molecule has 8 heteroatoms. The van der Waals surface area contributed by atoms with Crippen LogP contribution in [0.3, 0.4) is 0 Å². The van der Waals surface area contributed by atoms with Gasteiger partial charge in [0.1, 0.15) is 11.6 Å². The molecule has 1 aliphatic heterocycles. The van der Waals surface area contributed by atoms with Gasteiger partial charge in [0.25, 0.3) is 0 Å². The molecule has 1 aliphatic rings. The van der Waals surface area contributed by atoms with Crippen LogP contribution < -0.4 is 5.32 Å². The number of nitrogens with one attached hydrogen (secondary N) is 1. The fourth-order valence-corrected chi connectivity index (χ4v) is 3.06. The highest BCUT2D eigenvalue weighted by molar-refractivity contribution is 5.89. The van der Waals surface area contributed by atoms with Crippen LogP contribution in [0, 0.1) is 17.6 Å². The van der Waals surface area contributed by atoms with Gasteiger partial charge in [0.2, 0.25) is 0 Å². The Hall–Kier alpha value is -2.32. The summed E-state index contributed by atoms with van der Waals surface area (Å²) >= 11 is 0. The summed E-state index contributed by atoms with van der Waals surface area (Å²) in [7, 11) is 0. The fraction of sp³-hybridized carbons (Fsp3) is 0.500. The fourth-order valence-electron chi connectivity index (χ4n) is 3.06. The van der Waals surface area contributed by atoms with Crippen molar-refractivity contribution in [3.8, 4) is 0 Å². The van der Waals surface area contributed by atoms with Gasteiger partial charge in [0, 0.05) is 37.3 Å². The summed E-state index contributed by atoms with van der Waals surface area (Å²) in [6, 6.07) is 4.32. The lowest BCUT2D eigenvalue weighted by Gasteiger charge is -2.35. The van der Waals surface area contributed by atoms with Crippen LogP contribution in [0.15, 0.2) is 30.4 Å². The molecule has 0 spiro atoms. The molecule has 156 valence electrons. The number of rotatable bonds is 7. The molecule has 0 atom stereocenters. The number of carbonyl (C=O) groups is 2. The number of hydrogen-bond donors (Lipinski definition) is 3. The topological polar surface area (TPSA) is 89.9 Å². The first kappa shape index (κ1) is 23.7. The Morgan fingerprint density at radius 3 is 2.04 bits per heavy atom. The van der Waals surface area contributed by atoms with Gasteiger partial charge in [0.15, 0.2) is 0 Å². The van der Waals surface area contributed by atoms with Crippen molar-refractivity contribution in [3.05, 3.63) is 47.5 Å². The lowest BCUT2D eigenvalue weighted by Crippen LogP contribution is -2.44. The molecule has 28 heavy (non-hydrogen) atoms. The Morgan fingerprint density at radius 1 is 1.11 bits per heavy atom. The summed E-state index contributed by atoms with van der Waals surface area (Å²) < 4.78 is 26.6. The molecule has 1 aromatic carbocycles. The summed E-state index contributed by atoms with van der Waals surface area (Å²) in [5.41, 5.74) is 0.724. The van der Waals surface area contributed by atoms with Crippen LogP contribution in [0.2, 0.25) is 0 Å². The van der Waals surface area contributed by atoms with Crippen LogP contribution in [0.1, 0.15) is 32.3 Å². The minimum Gasteiger partial charge on any atom is -0.478 e. The van der Waals surface area contributed by atoms with Crippen LogP contribution in [-0.4, -0.2) is 52.7 Å². The maximum atomic E-state index is 13.3. The van der Waals surface area contributed by atoms with E-state index < -0.39 is 23.6 Å². The molecule has 0 aromatic heterocycles. The Bertz CT molecular complexity index is 638. The largest absolute Gasteiger partial charge is 0.478 e. The van der Waals surface area contributed by atoms with E-state index in [1.54, 1.807) is 0 Å². The summed E-state index contributed by atoms with van der Waals surface area (Å²) in [6.45, 7) is 7.99. The van der Waals surface area contributed by atoms with Crippen LogP contribution in [0.5, 0.6) is 0 Å². The average molecular weight is 398 g/mol. The van der Waals surface area contributed by atoms with Crippen molar-refractivity contribution < 1.29 is 28.6 Å². The predicted molar refractivity (Wildman–Crippen MR) is 102 cm³/mol. The Morgan fingerprint density at radius 2 is 1.61 bits per heavy atom. The summed E-state index contributed by atoms with van der Waals surface area (Å²) in [5, 5.41) is 19.0. The second kappa shape index (κ2) is 12.2. The van der Waals surface area contributed by atoms with Crippen LogP contribution in [0.4, 0.5) is 8.78 Å². The lowest BCUT2D eigenvalue weighted by atomic mass is 10.0. The summed E-state index contributed by atoms with van der Waals surface area (Å²) in [6.07, 6.45) is 3.32. The van der Waals surface area contributed by atoms with Crippen molar-refractivity contribution in [2.24, 2.45) is 5.92 Å². The first-order chi connectivity index (χ1) is 13.2. The predicted octanol–water partition coefficient (Wildman–Crippen LogP) is 2.89. The van der Waals surface area contributed by atoms with E-state index in [0.717, 1.165) is 44.1 Å². The minimum atomic E-state index is -1.26. The molecular formula is C20H28F2N2O4. The molecule has 1 fully saturated rings. The van der Waals surface area contributed by atoms with E-state index in [1.165, 1.54) is 12.1 Å². The lowest BCUT2D eigenvalue weighted by molar-refractivity contribution is -0.134. The van der Waals surface area contributed by atoms with Crippen LogP contribution in [-0.2, 0) is 16.1 Å². The molecule has 1 saturated heterocycles. The number of piperidine rings is 1. The monoisotopic (exact) mass is 398 g/mol. The third-order valence-electron chi connectivity index (χ3n) is 4.10.